The summed E-state index contributed by atoms with van der Waals surface area (Å²) in [6, 6.07) is 23.1. The van der Waals surface area contributed by atoms with Gasteiger partial charge in [-0.05, 0) is 59.7 Å². The number of hydrogen-bond acceptors (Lipinski definition) is 2. The van der Waals surface area contributed by atoms with E-state index in [1.165, 1.54) is 24.3 Å². The Morgan fingerprint density at radius 2 is 1.65 bits per heavy atom. The summed E-state index contributed by atoms with van der Waals surface area (Å²) >= 11 is 0. The Morgan fingerprint density at radius 3 is 2.42 bits per heavy atom. The van der Waals surface area contributed by atoms with Gasteiger partial charge in [-0.25, -0.2) is 4.39 Å². The van der Waals surface area contributed by atoms with E-state index in [0.717, 1.165) is 24.1 Å². The summed E-state index contributed by atoms with van der Waals surface area (Å²) in [5.74, 6) is 0.331. The second-order valence-electron chi connectivity index (χ2n) is 8.31. The zero-order valence-corrected chi connectivity index (χ0v) is 17.0. The number of hydrogen-bond donors (Lipinski definition) is 1. The van der Waals surface area contributed by atoms with Crippen molar-refractivity contribution in [1.82, 2.24) is 10.2 Å². The van der Waals surface area contributed by atoms with Crippen molar-refractivity contribution < 1.29 is 14.0 Å². The predicted molar refractivity (Wildman–Crippen MR) is 117 cm³/mol. The molecule has 1 N–H and O–H groups in total. The van der Waals surface area contributed by atoms with Crippen LogP contribution < -0.4 is 5.32 Å². The van der Waals surface area contributed by atoms with Crippen LogP contribution in [0.15, 0.2) is 78.9 Å². The molecule has 3 atom stereocenters. The minimum atomic E-state index is -0.373. The number of carbonyl (C=O) groups excluding carboxylic acids is 2. The van der Waals surface area contributed by atoms with Gasteiger partial charge in [0.2, 0.25) is 0 Å². The van der Waals surface area contributed by atoms with E-state index in [-0.39, 0.29) is 23.7 Å². The molecule has 1 heterocycles. The highest BCUT2D eigenvalue weighted by Crippen LogP contribution is 2.50. The van der Waals surface area contributed by atoms with Gasteiger partial charge < -0.3 is 10.2 Å². The molecule has 0 spiro atoms. The zero-order chi connectivity index (χ0) is 21.4. The normalized spacial score (nSPS) is 21.5. The van der Waals surface area contributed by atoms with E-state index in [1.54, 1.807) is 0 Å². The molecule has 0 aromatic heterocycles. The van der Waals surface area contributed by atoms with Crippen molar-refractivity contribution in [3.05, 3.63) is 95.8 Å². The molecule has 1 aliphatic carbocycles. The molecular formula is C26H23FN2O2. The Kier molecular flexibility index (Phi) is 5.02. The number of nitrogens with zero attached hydrogens (tertiary/aromatic N) is 1. The van der Waals surface area contributed by atoms with Crippen molar-refractivity contribution in [1.29, 1.82) is 0 Å². The molecule has 1 aliphatic heterocycles. The van der Waals surface area contributed by atoms with Crippen LogP contribution in [0.3, 0.4) is 0 Å². The molecule has 2 fully saturated rings. The molecule has 1 saturated carbocycles. The van der Waals surface area contributed by atoms with E-state index < -0.39 is 0 Å². The highest BCUT2D eigenvalue weighted by molar-refractivity contribution is 6.01. The van der Waals surface area contributed by atoms with Gasteiger partial charge in [0.1, 0.15) is 5.82 Å². The van der Waals surface area contributed by atoms with Gasteiger partial charge in [0.15, 0.2) is 0 Å². The van der Waals surface area contributed by atoms with Crippen molar-refractivity contribution in [2.75, 3.05) is 13.1 Å². The third-order valence-corrected chi connectivity index (χ3v) is 6.38. The molecule has 2 amide bonds. The highest BCUT2D eigenvalue weighted by atomic mass is 19.1. The SMILES string of the molecule is O=C(NC[C@@H]1C2C[C@@H]2CN1C(=O)c1ccccc1-c1ccccc1)c1ccc(F)cc1. The summed E-state index contributed by atoms with van der Waals surface area (Å²) in [6.45, 7) is 1.13. The second kappa shape index (κ2) is 7.99. The number of benzene rings is 3. The lowest BCUT2D eigenvalue weighted by Crippen LogP contribution is -2.45. The molecule has 1 unspecified atom stereocenters. The van der Waals surface area contributed by atoms with E-state index in [1.807, 2.05) is 59.5 Å². The van der Waals surface area contributed by atoms with Gasteiger partial charge in [-0.3, -0.25) is 9.59 Å². The summed E-state index contributed by atoms with van der Waals surface area (Å²) in [7, 11) is 0. The van der Waals surface area contributed by atoms with Crippen LogP contribution in [0.2, 0.25) is 0 Å². The third-order valence-electron chi connectivity index (χ3n) is 6.38. The molecular weight excluding hydrogens is 391 g/mol. The molecule has 0 bridgehead atoms. The van der Waals surface area contributed by atoms with Gasteiger partial charge in [0, 0.05) is 24.2 Å². The van der Waals surface area contributed by atoms with Gasteiger partial charge in [-0.15, -0.1) is 0 Å². The summed E-state index contributed by atoms with van der Waals surface area (Å²) in [5, 5.41) is 2.94. The van der Waals surface area contributed by atoms with Crippen molar-refractivity contribution in [3.63, 3.8) is 0 Å². The van der Waals surface area contributed by atoms with Gasteiger partial charge in [0.05, 0.1) is 6.04 Å². The monoisotopic (exact) mass is 414 g/mol. The lowest BCUT2D eigenvalue weighted by molar-refractivity contribution is 0.0695. The fourth-order valence-corrected chi connectivity index (χ4v) is 4.66. The first-order valence-corrected chi connectivity index (χ1v) is 10.6. The number of fused-ring (bicyclic) bond motifs is 1. The quantitative estimate of drug-likeness (QED) is 0.674. The zero-order valence-electron chi connectivity index (χ0n) is 17.0. The highest BCUT2D eigenvalue weighted by Gasteiger charge is 2.54. The summed E-state index contributed by atoms with van der Waals surface area (Å²) in [5.41, 5.74) is 3.03. The fraction of sp³-hybridized carbons (Fsp3) is 0.231. The Balaban J connectivity index is 1.34. The summed E-state index contributed by atoms with van der Waals surface area (Å²) in [4.78, 5) is 27.9. The van der Waals surface area contributed by atoms with Crippen LogP contribution in [0.5, 0.6) is 0 Å². The number of likely N-dealkylation sites (tertiary alicyclic amines) is 1. The van der Waals surface area contributed by atoms with Crippen LogP contribution in [0, 0.1) is 17.7 Å². The van der Waals surface area contributed by atoms with Gasteiger partial charge in [-0.2, -0.15) is 0 Å². The maximum absolute atomic E-state index is 13.5. The number of piperidine rings is 1. The molecule has 5 heteroatoms. The summed E-state index contributed by atoms with van der Waals surface area (Å²) in [6.07, 6.45) is 1.10. The molecule has 0 radical (unpaired) electrons. The molecule has 2 aliphatic rings. The number of halogens is 1. The Hall–Kier alpha value is -3.47. The van der Waals surface area contributed by atoms with E-state index in [0.29, 0.717) is 29.5 Å². The number of rotatable bonds is 5. The molecule has 3 aromatic rings. The second-order valence-corrected chi connectivity index (χ2v) is 8.31. The molecule has 5 rings (SSSR count). The maximum atomic E-state index is 13.5. The first-order chi connectivity index (χ1) is 15.1. The standard InChI is InChI=1S/C26H23FN2O2/c27-20-12-10-18(11-13-20)25(30)28-15-24-23-14-19(23)16-29(24)26(31)22-9-5-4-8-21(22)17-6-2-1-3-7-17/h1-13,19,23-24H,14-16H2,(H,28,30)/t19-,23?,24-/m1/s1. The van der Waals surface area contributed by atoms with Crippen LogP contribution in [-0.2, 0) is 0 Å². The van der Waals surface area contributed by atoms with Crippen molar-refractivity contribution >= 4 is 11.8 Å². The van der Waals surface area contributed by atoms with Crippen LogP contribution in [0.1, 0.15) is 27.1 Å². The average Bonchev–Trinajstić information content (AvgIpc) is 3.49. The minimum Gasteiger partial charge on any atom is -0.350 e. The average molecular weight is 414 g/mol. The number of nitrogens with one attached hydrogen (secondary N) is 1. The van der Waals surface area contributed by atoms with Crippen LogP contribution in [0.4, 0.5) is 4.39 Å². The molecule has 31 heavy (non-hydrogen) atoms. The Labute approximate surface area is 180 Å². The van der Waals surface area contributed by atoms with Crippen LogP contribution >= 0.6 is 0 Å². The van der Waals surface area contributed by atoms with Gasteiger partial charge in [0.25, 0.3) is 11.8 Å². The van der Waals surface area contributed by atoms with Crippen molar-refractivity contribution in [3.8, 4) is 11.1 Å². The topological polar surface area (TPSA) is 49.4 Å². The van der Waals surface area contributed by atoms with Gasteiger partial charge >= 0.3 is 0 Å². The van der Waals surface area contributed by atoms with Crippen LogP contribution in [-0.4, -0.2) is 35.8 Å². The minimum absolute atomic E-state index is 0.00712. The van der Waals surface area contributed by atoms with Gasteiger partial charge in [-0.1, -0.05) is 48.5 Å². The fourth-order valence-electron chi connectivity index (χ4n) is 4.66. The van der Waals surface area contributed by atoms with E-state index in [2.05, 4.69) is 5.32 Å². The Morgan fingerprint density at radius 1 is 0.935 bits per heavy atom. The first kappa shape index (κ1) is 19.5. The van der Waals surface area contributed by atoms with Crippen molar-refractivity contribution in [2.45, 2.75) is 12.5 Å². The molecule has 3 aromatic carbocycles. The lowest BCUT2D eigenvalue weighted by atomic mass is 9.98. The van der Waals surface area contributed by atoms with Crippen molar-refractivity contribution in [2.24, 2.45) is 11.8 Å². The third kappa shape index (κ3) is 3.83. The van der Waals surface area contributed by atoms with E-state index in [4.69, 9.17) is 0 Å². The lowest BCUT2D eigenvalue weighted by Gasteiger charge is -2.28. The van der Waals surface area contributed by atoms with E-state index >= 15 is 0 Å². The largest absolute Gasteiger partial charge is 0.350 e. The van der Waals surface area contributed by atoms with E-state index in [9.17, 15) is 14.0 Å². The Bertz CT molecular complexity index is 1110. The number of amides is 2. The molecule has 4 nitrogen and oxygen atoms in total. The maximum Gasteiger partial charge on any atom is 0.254 e. The smallest absolute Gasteiger partial charge is 0.254 e. The first-order valence-electron chi connectivity index (χ1n) is 10.6. The summed E-state index contributed by atoms with van der Waals surface area (Å²) < 4.78 is 13.1. The predicted octanol–water partition coefficient (Wildman–Crippen LogP) is 4.38. The number of carbonyl (C=O) groups is 2. The molecule has 156 valence electrons. The van der Waals surface area contributed by atoms with Crippen LogP contribution in [0.25, 0.3) is 11.1 Å². The molecule has 1 saturated heterocycles.